The zero-order chi connectivity index (χ0) is 23.9. The molecule has 0 N–H and O–H groups in total. The minimum atomic E-state index is -0.396. The van der Waals surface area contributed by atoms with Crippen molar-refractivity contribution in [2.45, 2.75) is 51.3 Å². The third-order valence-corrected chi connectivity index (χ3v) is 7.40. The van der Waals surface area contributed by atoms with Gasteiger partial charge in [0.2, 0.25) is 0 Å². The third-order valence-electron chi connectivity index (χ3n) is 5.71. The number of thioether (sulfide) groups is 1. The molecule has 8 heteroatoms. The van der Waals surface area contributed by atoms with Gasteiger partial charge in [-0.1, -0.05) is 41.0 Å². The van der Waals surface area contributed by atoms with Gasteiger partial charge in [-0.15, -0.1) is 0 Å². The van der Waals surface area contributed by atoms with Crippen LogP contribution in [-0.2, 0) is 6.42 Å². The molecule has 0 radical (unpaired) electrons. The van der Waals surface area contributed by atoms with Crippen LogP contribution in [0.25, 0.3) is 0 Å². The maximum Gasteiger partial charge on any atom is 0.302 e. The van der Waals surface area contributed by atoms with E-state index in [1.165, 1.54) is 22.3 Å². The summed E-state index contributed by atoms with van der Waals surface area (Å²) in [6.45, 7) is 9.08. The predicted molar refractivity (Wildman–Crippen MR) is 142 cm³/mol. The van der Waals surface area contributed by atoms with Crippen LogP contribution >= 0.6 is 35.0 Å². The average molecular weight is 503 g/mol. The number of rotatable bonds is 3. The van der Waals surface area contributed by atoms with E-state index in [0.29, 0.717) is 10.0 Å². The highest BCUT2D eigenvalue weighted by Gasteiger charge is 2.37. The van der Waals surface area contributed by atoms with Gasteiger partial charge in [-0.25, -0.2) is 5.01 Å². The van der Waals surface area contributed by atoms with Crippen molar-refractivity contribution in [1.82, 2.24) is 5.01 Å². The number of carbonyl (C=O) groups is 1. The van der Waals surface area contributed by atoms with E-state index in [-0.39, 0.29) is 11.3 Å². The highest BCUT2D eigenvalue weighted by atomic mass is 35.5. The Bertz CT molecular complexity index is 1160. The molecule has 0 spiro atoms. The van der Waals surface area contributed by atoms with Crippen LogP contribution in [0.4, 0.5) is 10.5 Å². The fourth-order valence-electron chi connectivity index (χ4n) is 4.21. The van der Waals surface area contributed by atoms with Crippen LogP contribution < -0.4 is 4.90 Å². The Balaban J connectivity index is 1.78. The lowest BCUT2D eigenvalue weighted by Gasteiger charge is -2.35. The van der Waals surface area contributed by atoms with E-state index < -0.39 is 4.75 Å². The Hall–Kier alpha value is -2.02. The monoisotopic (exact) mass is 502 g/mol. The molecule has 33 heavy (non-hydrogen) atoms. The highest BCUT2D eigenvalue weighted by Crippen LogP contribution is 2.38. The fourth-order valence-corrected chi connectivity index (χ4v) is 5.57. The number of amidine groups is 1. The van der Waals surface area contributed by atoms with Gasteiger partial charge in [0.15, 0.2) is 0 Å². The molecule has 0 saturated heterocycles. The van der Waals surface area contributed by atoms with E-state index in [9.17, 15) is 4.79 Å². The molecule has 0 atom stereocenters. The maximum atomic E-state index is 12.2. The number of hydrogen-bond acceptors (Lipinski definition) is 4. The first-order valence-corrected chi connectivity index (χ1v) is 12.6. The molecule has 2 aromatic rings. The number of fused-ring (bicyclic) bond motifs is 1. The van der Waals surface area contributed by atoms with Gasteiger partial charge < -0.3 is 4.90 Å². The first-order valence-electron chi connectivity index (χ1n) is 11.1. The number of carbonyl (C=O) groups excluding carboxylic acids is 1. The number of hydrazone groups is 1. The first kappa shape index (κ1) is 24.1. The van der Waals surface area contributed by atoms with Crippen LogP contribution in [0.15, 0.2) is 46.5 Å². The molecule has 2 heterocycles. The molecule has 2 aromatic carbocycles. The van der Waals surface area contributed by atoms with Gasteiger partial charge in [-0.2, -0.15) is 5.10 Å². The van der Waals surface area contributed by atoms with Gasteiger partial charge in [-0.05, 0) is 82.0 Å². The van der Waals surface area contributed by atoms with Crippen molar-refractivity contribution in [1.29, 1.82) is 0 Å². The summed E-state index contributed by atoms with van der Waals surface area (Å²) in [4.78, 5) is 19.4. The Morgan fingerprint density at radius 1 is 1.18 bits per heavy atom. The van der Waals surface area contributed by atoms with Crippen LogP contribution in [0.3, 0.4) is 0 Å². The average Bonchev–Trinajstić information content (AvgIpc) is 2.74. The third kappa shape index (κ3) is 4.93. The molecule has 2 aliphatic heterocycles. The second kappa shape index (κ2) is 9.32. The Morgan fingerprint density at radius 3 is 2.64 bits per heavy atom. The van der Waals surface area contributed by atoms with E-state index in [1.54, 1.807) is 13.1 Å². The minimum absolute atomic E-state index is 0.0396. The summed E-state index contributed by atoms with van der Waals surface area (Å²) in [7, 11) is 1.70. The second-order valence-electron chi connectivity index (χ2n) is 9.12. The number of hydrogen-bond donors (Lipinski definition) is 0. The molecule has 0 bridgehead atoms. The first-order chi connectivity index (χ1) is 15.6. The number of halogens is 2. The lowest BCUT2D eigenvalue weighted by atomic mass is 9.93. The molecule has 0 saturated carbocycles. The van der Waals surface area contributed by atoms with Crippen LogP contribution in [0, 0.1) is 0 Å². The summed E-state index contributed by atoms with van der Waals surface area (Å²) in [6.07, 6.45) is 1.97. The van der Waals surface area contributed by atoms with Crippen molar-refractivity contribution < 1.29 is 4.79 Å². The van der Waals surface area contributed by atoms with Crippen LogP contribution in [-0.4, -0.2) is 46.2 Å². The lowest BCUT2D eigenvalue weighted by Crippen LogP contribution is -2.40. The molecular formula is C25H28Cl2N4OS. The largest absolute Gasteiger partial charge is 0.326 e. The van der Waals surface area contributed by atoms with Gasteiger partial charge >= 0.3 is 5.24 Å². The summed E-state index contributed by atoms with van der Waals surface area (Å²) in [5.41, 5.74) is 5.19. The number of aryl methyl sites for hydroxylation is 1. The summed E-state index contributed by atoms with van der Waals surface area (Å²) in [5.74, 6) is 0.858. The van der Waals surface area contributed by atoms with E-state index >= 15 is 0 Å². The number of aliphatic imine (C=N–C) groups is 1. The molecule has 0 aliphatic carbocycles. The van der Waals surface area contributed by atoms with Crippen molar-refractivity contribution >= 4 is 57.4 Å². The molecule has 4 rings (SSSR count). The highest BCUT2D eigenvalue weighted by molar-refractivity contribution is 8.15. The number of nitrogens with zero attached hydrogens (tertiary/aromatic N) is 4. The molecule has 2 aliphatic rings. The standard InChI is InChI=1S/C25H28Cl2N4OS/c1-15(2)28-23(19-10-9-18(26)14-20(19)27)31-12-6-7-16-13-17(8-11-21(16)31)22-25(3,4)33-24(32)30(5)29-22/h8-11,13-15H,6-7,12H2,1-5H3. The van der Waals surface area contributed by atoms with Crippen LogP contribution in [0.2, 0.25) is 10.0 Å². The van der Waals surface area contributed by atoms with Crippen molar-refractivity contribution in [3.05, 3.63) is 63.1 Å². The normalized spacial score (nSPS) is 18.5. The van der Waals surface area contributed by atoms with Gasteiger partial charge in [-0.3, -0.25) is 9.79 Å². The fraction of sp³-hybridized carbons (Fsp3) is 0.400. The van der Waals surface area contributed by atoms with Crippen LogP contribution in [0.5, 0.6) is 0 Å². The van der Waals surface area contributed by atoms with Crippen molar-refractivity contribution in [3.8, 4) is 0 Å². The van der Waals surface area contributed by atoms with E-state index in [0.717, 1.165) is 47.7 Å². The molecule has 0 unspecified atom stereocenters. The summed E-state index contributed by atoms with van der Waals surface area (Å²) in [5, 5.41) is 7.19. The lowest BCUT2D eigenvalue weighted by molar-refractivity contribution is 0.234. The van der Waals surface area contributed by atoms with Gasteiger partial charge in [0.05, 0.1) is 15.5 Å². The number of amides is 1. The van der Waals surface area contributed by atoms with Crippen LogP contribution in [0.1, 0.15) is 50.8 Å². The minimum Gasteiger partial charge on any atom is -0.326 e. The Labute approximate surface area is 209 Å². The Morgan fingerprint density at radius 2 is 1.94 bits per heavy atom. The van der Waals surface area contributed by atoms with Gasteiger partial charge in [0.25, 0.3) is 0 Å². The molecular weight excluding hydrogens is 475 g/mol. The maximum absolute atomic E-state index is 12.2. The van der Waals surface area contributed by atoms with Crippen molar-refractivity contribution in [2.75, 3.05) is 18.5 Å². The summed E-state index contributed by atoms with van der Waals surface area (Å²) in [6, 6.07) is 12.1. The molecule has 5 nitrogen and oxygen atoms in total. The summed E-state index contributed by atoms with van der Waals surface area (Å²) >= 11 is 14.1. The van der Waals surface area contributed by atoms with E-state index in [1.807, 2.05) is 26.0 Å². The molecule has 1 amide bonds. The van der Waals surface area contributed by atoms with E-state index in [4.69, 9.17) is 28.2 Å². The van der Waals surface area contributed by atoms with Gasteiger partial charge in [0.1, 0.15) is 5.84 Å². The zero-order valence-electron chi connectivity index (χ0n) is 19.5. The SMILES string of the molecule is CC(C)N=C(c1ccc(Cl)cc1Cl)N1CCCc2cc(C3=NN(C)C(=O)SC3(C)C)ccc21. The molecule has 0 aromatic heterocycles. The van der Waals surface area contributed by atoms with Crippen molar-refractivity contribution in [2.24, 2.45) is 10.1 Å². The second-order valence-corrected chi connectivity index (χ2v) is 11.5. The summed E-state index contributed by atoms with van der Waals surface area (Å²) < 4.78 is -0.396. The molecule has 0 fully saturated rings. The quantitative estimate of drug-likeness (QED) is 0.339. The molecule has 174 valence electrons. The number of benzene rings is 2. The number of anilines is 1. The Kier molecular flexibility index (Phi) is 6.81. The van der Waals surface area contributed by atoms with E-state index in [2.05, 4.69) is 42.0 Å². The zero-order valence-corrected chi connectivity index (χ0v) is 21.9. The topological polar surface area (TPSA) is 48.3 Å². The predicted octanol–water partition coefficient (Wildman–Crippen LogP) is 6.88. The van der Waals surface area contributed by atoms with Gasteiger partial charge in [0, 0.05) is 35.9 Å². The van der Waals surface area contributed by atoms with Crippen molar-refractivity contribution in [3.63, 3.8) is 0 Å². The smallest absolute Gasteiger partial charge is 0.302 e.